The Morgan fingerprint density at radius 1 is 1.17 bits per heavy atom. The molecule has 2 amide bonds. The molecule has 1 atom stereocenters. The van der Waals surface area contributed by atoms with E-state index in [-0.39, 0.29) is 24.2 Å². The van der Waals surface area contributed by atoms with Gasteiger partial charge in [-0.2, -0.15) is 0 Å². The van der Waals surface area contributed by atoms with Crippen molar-refractivity contribution in [2.45, 2.75) is 26.3 Å². The van der Waals surface area contributed by atoms with Gasteiger partial charge in [-0.25, -0.2) is 0 Å². The van der Waals surface area contributed by atoms with Crippen LogP contribution in [0.4, 0.5) is 0 Å². The predicted molar refractivity (Wildman–Crippen MR) is 69.2 cm³/mol. The second kappa shape index (κ2) is 6.76. The van der Waals surface area contributed by atoms with Gasteiger partial charge < -0.3 is 5.73 Å². The zero-order valence-electron chi connectivity index (χ0n) is 10.6. The van der Waals surface area contributed by atoms with Gasteiger partial charge in [-0.3, -0.25) is 20.4 Å². The first-order valence-electron chi connectivity index (χ1n) is 5.89. The first-order chi connectivity index (χ1) is 8.50. The average molecular weight is 249 g/mol. The van der Waals surface area contributed by atoms with Crippen molar-refractivity contribution in [3.8, 4) is 0 Å². The monoisotopic (exact) mass is 249 g/mol. The summed E-state index contributed by atoms with van der Waals surface area (Å²) in [4.78, 5) is 23.0. The van der Waals surface area contributed by atoms with Crippen LogP contribution in [0.5, 0.6) is 0 Å². The zero-order valence-corrected chi connectivity index (χ0v) is 10.6. The van der Waals surface area contributed by atoms with Crippen molar-refractivity contribution in [2.75, 3.05) is 0 Å². The number of benzene rings is 1. The maximum Gasteiger partial charge on any atom is 0.255 e. The first-order valence-corrected chi connectivity index (χ1v) is 5.89. The lowest BCUT2D eigenvalue weighted by molar-refractivity contribution is -0.129. The van der Waals surface area contributed by atoms with Gasteiger partial charge >= 0.3 is 0 Å². The lowest BCUT2D eigenvalue weighted by atomic mass is 10.1. The van der Waals surface area contributed by atoms with Crippen LogP contribution in [0.3, 0.4) is 0 Å². The minimum Gasteiger partial charge on any atom is -0.320 e. The first kappa shape index (κ1) is 14.2. The maximum absolute atomic E-state index is 11.5. The molecule has 98 valence electrons. The summed E-state index contributed by atoms with van der Waals surface area (Å²) in [6.07, 6.45) is 0.220. The molecule has 4 N–H and O–H groups in total. The summed E-state index contributed by atoms with van der Waals surface area (Å²) in [6.45, 7) is 3.69. The second-order valence-corrected chi connectivity index (χ2v) is 4.47. The van der Waals surface area contributed by atoms with Gasteiger partial charge in [0.05, 0.1) is 12.5 Å². The van der Waals surface area contributed by atoms with Gasteiger partial charge in [-0.1, -0.05) is 44.2 Å². The highest BCUT2D eigenvalue weighted by atomic mass is 16.2. The molecular weight excluding hydrogens is 230 g/mol. The Kier molecular flexibility index (Phi) is 5.32. The quantitative estimate of drug-likeness (QED) is 0.674. The maximum atomic E-state index is 11.5. The summed E-state index contributed by atoms with van der Waals surface area (Å²) >= 11 is 0. The van der Waals surface area contributed by atoms with Gasteiger partial charge in [-0.15, -0.1) is 0 Å². The molecule has 1 aromatic carbocycles. The Labute approximate surface area is 107 Å². The summed E-state index contributed by atoms with van der Waals surface area (Å²) in [5, 5.41) is 0. The number of carbonyl (C=O) groups excluding carboxylic acids is 2. The van der Waals surface area contributed by atoms with Gasteiger partial charge in [0, 0.05) is 0 Å². The highest BCUT2D eigenvalue weighted by Crippen LogP contribution is 1.99. The van der Waals surface area contributed by atoms with Gasteiger partial charge in [-0.05, 0) is 11.5 Å². The van der Waals surface area contributed by atoms with E-state index in [0.29, 0.717) is 0 Å². The van der Waals surface area contributed by atoms with Crippen molar-refractivity contribution in [2.24, 2.45) is 11.7 Å². The Morgan fingerprint density at radius 2 is 1.78 bits per heavy atom. The normalized spacial score (nSPS) is 12.0. The van der Waals surface area contributed by atoms with Crippen molar-refractivity contribution in [1.29, 1.82) is 0 Å². The summed E-state index contributed by atoms with van der Waals surface area (Å²) in [6, 6.07) is 8.67. The molecule has 0 heterocycles. The van der Waals surface area contributed by atoms with E-state index in [1.54, 1.807) is 0 Å². The average Bonchev–Trinajstić information content (AvgIpc) is 2.36. The fraction of sp³-hybridized carbons (Fsp3) is 0.385. The van der Waals surface area contributed by atoms with E-state index in [4.69, 9.17) is 5.73 Å². The molecule has 0 spiro atoms. The van der Waals surface area contributed by atoms with E-state index < -0.39 is 6.04 Å². The van der Waals surface area contributed by atoms with Crippen LogP contribution in [0, 0.1) is 5.92 Å². The van der Waals surface area contributed by atoms with Crippen LogP contribution in [-0.2, 0) is 16.0 Å². The molecule has 0 aliphatic rings. The Bertz CT molecular complexity index is 404. The number of carbonyl (C=O) groups is 2. The Morgan fingerprint density at radius 3 is 2.33 bits per heavy atom. The molecule has 0 aliphatic heterocycles. The molecule has 5 nitrogen and oxygen atoms in total. The van der Waals surface area contributed by atoms with Crippen molar-refractivity contribution in [1.82, 2.24) is 10.9 Å². The standard InChI is InChI=1S/C13H19N3O2/c1-9(2)12(14)13(18)16-15-11(17)8-10-6-4-3-5-7-10/h3-7,9,12H,8,14H2,1-2H3,(H,15,17)(H,16,18). The number of nitrogens with one attached hydrogen (secondary N) is 2. The summed E-state index contributed by atoms with van der Waals surface area (Å²) in [5.74, 6) is -0.632. The molecule has 0 radical (unpaired) electrons. The van der Waals surface area contributed by atoms with Crippen LogP contribution >= 0.6 is 0 Å². The molecule has 0 saturated heterocycles. The molecular formula is C13H19N3O2. The van der Waals surface area contributed by atoms with E-state index in [1.165, 1.54) is 0 Å². The third kappa shape index (κ3) is 4.55. The van der Waals surface area contributed by atoms with E-state index in [2.05, 4.69) is 10.9 Å². The molecule has 0 aromatic heterocycles. The Balaban J connectivity index is 2.36. The largest absolute Gasteiger partial charge is 0.320 e. The molecule has 18 heavy (non-hydrogen) atoms. The number of hydrogen-bond donors (Lipinski definition) is 3. The van der Waals surface area contributed by atoms with Crippen LogP contribution in [0.15, 0.2) is 30.3 Å². The van der Waals surface area contributed by atoms with E-state index in [9.17, 15) is 9.59 Å². The Hall–Kier alpha value is -1.88. The highest BCUT2D eigenvalue weighted by Gasteiger charge is 2.17. The topological polar surface area (TPSA) is 84.2 Å². The van der Waals surface area contributed by atoms with Crippen molar-refractivity contribution < 1.29 is 9.59 Å². The molecule has 1 unspecified atom stereocenters. The number of hydrazine groups is 1. The number of nitrogens with two attached hydrogens (primary N) is 1. The van der Waals surface area contributed by atoms with E-state index in [1.807, 2.05) is 44.2 Å². The molecule has 1 rings (SSSR count). The lowest BCUT2D eigenvalue weighted by Gasteiger charge is -2.15. The van der Waals surface area contributed by atoms with Crippen molar-refractivity contribution in [3.05, 3.63) is 35.9 Å². The van der Waals surface area contributed by atoms with Crippen molar-refractivity contribution >= 4 is 11.8 Å². The second-order valence-electron chi connectivity index (χ2n) is 4.47. The highest BCUT2D eigenvalue weighted by molar-refractivity contribution is 5.85. The number of amides is 2. The fourth-order valence-electron chi connectivity index (χ4n) is 1.34. The molecule has 0 fully saturated rings. The number of hydrogen-bond acceptors (Lipinski definition) is 3. The predicted octanol–water partition coefficient (Wildman–Crippen LogP) is 0.360. The van der Waals surface area contributed by atoms with Crippen LogP contribution < -0.4 is 16.6 Å². The van der Waals surface area contributed by atoms with Gasteiger partial charge in [0.2, 0.25) is 5.91 Å². The third-order valence-corrected chi connectivity index (χ3v) is 2.55. The van der Waals surface area contributed by atoms with Gasteiger partial charge in [0.1, 0.15) is 0 Å². The van der Waals surface area contributed by atoms with Crippen LogP contribution in [-0.4, -0.2) is 17.9 Å². The van der Waals surface area contributed by atoms with Crippen LogP contribution in [0.2, 0.25) is 0 Å². The molecule has 0 saturated carbocycles. The van der Waals surface area contributed by atoms with E-state index >= 15 is 0 Å². The smallest absolute Gasteiger partial charge is 0.255 e. The van der Waals surface area contributed by atoms with Crippen LogP contribution in [0.1, 0.15) is 19.4 Å². The lowest BCUT2D eigenvalue weighted by Crippen LogP contribution is -2.51. The molecule has 5 heteroatoms. The zero-order chi connectivity index (χ0) is 13.5. The van der Waals surface area contributed by atoms with Crippen molar-refractivity contribution in [3.63, 3.8) is 0 Å². The van der Waals surface area contributed by atoms with Crippen LogP contribution in [0.25, 0.3) is 0 Å². The summed E-state index contributed by atoms with van der Waals surface area (Å²) in [7, 11) is 0. The SMILES string of the molecule is CC(C)C(N)C(=O)NNC(=O)Cc1ccccc1. The summed E-state index contributed by atoms with van der Waals surface area (Å²) < 4.78 is 0. The fourth-order valence-corrected chi connectivity index (χ4v) is 1.34. The third-order valence-electron chi connectivity index (χ3n) is 2.55. The molecule has 0 bridgehead atoms. The minimum atomic E-state index is -0.623. The molecule has 1 aromatic rings. The molecule has 0 aliphatic carbocycles. The number of rotatable bonds is 4. The minimum absolute atomic E-state index is 0.0241. The van der Waals surface area contributed by atoms with Gasteiger partial charge in [0.25, 0.3) is 5.91 Å². The van der Waals surface area contributed by atoms with Gasteiger partial charge in [0.15, 0.2) is 0 Å². The summed E-state index contributed by atoms with van der Waals surface area (Å²) in [5.41, 5.74) is 11.2. The van der Waals surface area contributed by atoms with E-state index in [0.717, 1.165) is 5.56 Å².